The summed E-state index contributed by atoms with van der Waals surface area (Å²) in [4.78, 5) is 26.8. The van der Waals surface area contributed by atoms with Crippen molar-refractivity contribution in [3.05, 3.63) is 65.2 Å². The molecule has 0 bridgehead atoms. The topological polar surface area (TPSA) is 73.5 Å². The Morgan fingerprint density at radius 1 is 0.966 bits per heavy atom. The van der Waals surface area contributed by atoms with Crippen LogP contribution in [0.25, 0.3) is 0 Å². The first kappa shape index (κ1) is 22.5. The lowest BCUT2D eigenvalue weighted by atomic mass is 10.1. The van der Waals surface area contributed by atoms with Gasteiger partial charge in [-0.3, -0.25) is 14.9 Å². The maximum atomic E-state index is 12.3. The zero-order valence-electron chi connectivity index (χ0n) is 17.1. The fourth-order valence-electron chi connectivity index (χ4n) is 2.83. The molecule has 0 atom stereocenters. The minimum atomic E-state index is -0.259. The normalized spacial score (nSPS) is 10.5. The van der Waals surface area contributed by atoms with Crippen molar-refractivity contribution in [1.82, 2.24) is 15.5 Å². The molecule has 0 aliphatic rings. The molecule has 6 nitrogen and oxygen atoms in total. The van der Waals surface area contributed by atoms with E-state index in [4.69, 9.17) is 12.2 Å². The zero-order chi connectivity index (χ0) is 21.2. The highest BCUT2D eigenvalue weighted by Gasteiger charge is 2.11. The SMILES string of the molecule is CCN(CC)CCNC(=O)c1ccc(NC(=S)NC(=O)c2ccccc2C)cc1. The number of carbonyl (C=O) groups excluding carboxylic acids is 2. The summed E-state index contributed by atoms with van der Waals surface area (Å²) in [6, 6.07) is 14.3. The van der Waals surface area contributed by atoms with E-state index >= 15 is 0 Å². The van der Waals surface area contributed by atoms with Crippen LogP contribution in [0.1, 0.15) is 40.1 Å². The number of hydrogen-bond donors (Lipinski definition) is 3. The van der Waals surface area contributed by atoms with E-state index in [1.807, 2.05) is 25.1 Å². The Kier molecular flexibility index (Phi) is 8.76. The van der Waals surface area contributed by atoms with Crippen molar-refractivity contribution >= 4 is 34.8 Å². The van der Waals surface area contributed by atoms with E-state index in [9.17, 15) is 9.59 Å². The second-order valence-corrected chi connectivity index (χ2v) is 6.99. The quantitative estimate of drug-likeness (QED) is 0.581. The zero-order valence-corrected chi connectivity index (χ0v) is 17.9. The molecule has 154 valence electrons. The lowest BCUT2D eigenvalue weighted by Crippen LogP contribution is -2.35. The fraction of sp³-hybridized carbons (Fsp3) is 0.318. The molecular formula is C22H28N4O2S. The molecule has 0 saturated carbocycles. The van der Waals surface area contributed by atoms with Gasteiger partial charge in [-0.15, -0.1) is 0 Å². The predicted octanol–water partition coefficient (Wildman–Crippen LogP) is 3.19. The molecule has 2 rings (SSSR count). The molecule has 7 heteroatoms. The molecule has 0 aliphatic heterocycles. The van der Waals surface area contributed by atoms with E-state index in [1.165, 1.54) is 0 Å². The van der Waals surface area contributed by atoms with Gasteiger partial charge in [0.2, 0.25) is 0 Å². The van der Waals surface area contributed by atoms with Crippen LogP contribution in [0, 0.1) is 6.92 Å². The van der Waals surface area contributed by atoms with Crippen LogP contribution in [0.2, 0.25) is 0 Å². The third kappa shape index (κ3) is 6.96. The first-order chi connectivity index (χ1) is 13.9. The van der Waals surface area contributed by atoms with Crippen LogP contribution in [0.15, 0.2) is 48.5 Å². The van der Waals surface area contributed by atoms with E-state index in [1.54, 1.807) is 30.3 Å². The monoisotopic (exact) mass is 412 g/mol. The van der Waals surface area contributed by atoms with Crippen LogP contribution in [0.5, 0.6) is 0 Å². The molecule has 0 aromatic heterocycles. The van der Waals surface area contributed by atoms with E-state index in [-0.39, 0.29) is 16.9 Å². The second kappa shape index (κ2) is 11.3. The molecule has 0 fully saturated rings. The summed E-state index contributed by atoms with van der Waals surface area (Å²) in [6.45, 7) is 9.44. The summed E-state index contributed by atoms with van der Waals surface area (Å²) < 4.78 is 0. The van der Waals surface area contributed by atoms with Gasteiger partial charge >= 0.3 is 0 Å². The first-order valence-corrected chi connectivity index (χ1v) is 10.1. The summed E-state index contributed by atoms with van der Waals surface area (Å²) in [5, 5.41) is 8.76. The number of thiocarbonyl (C=S) groups is 1. The largest absolute Gasteiger partial charge is 0.351 e. The highest BCUT2D eigenvalue weighted by Crippen LogP contribution is 2.10. The third-order valence-corrected chi connectivity index (χ3v) is 4.83. The van der Waals surface area contributed by atoms with Crippen LogP contribution in [-0.4, -0.2) is 48.0 Å². The molecule has 2 aromatic rings. The Bertz CT molecular complexity index is 848. The smallest absolute Gasteiger partial charge is 0.257 e. The molecule has 2 amide bonds. The average Bonchev–Trinajstić information content (AvgIpc) is 2.71. The van der Waals surface area contributed by atoms with Gasteiger partial charge in [0, 0.05) is 29.9 Å². The van der Waals surface area contributed by atoms with E-state index in [0.29, 0.717) is 23.4 Å². The number of likely N-dealkylation sites (N-methyl/N-ethyl adjacent to an activating group) is 1. The number of carbonyl (C=O) groups is 2. The summed E-state index contributed by atoms with van der Waals surface area (Å²) in [7, 11) is 0. The summed E-state index contributed by atoms with van der Waals surface area (Å²) >= 11 is 5.22. The summed E-state index contributed by atoms with van der Waals surface area (Å²) in [5.74, 6) is -0.371. The molecule has 0 unspecified atom stereocenters. The van der Waals surface area contributed by atoms with Crippen molar-refractivity contribution < 1.29 is 9.59 Å². The predicted molar refractivity (Wildman–Crippen MR) is 121 cm³/mol. The van der Waals surface area contributed by atoms with Crippen LogP contribution < -0.4 is 16.0 Å². The minimum Gasteiger partial charge on any atom is -0.351 e. The van der Waals surface area contributed by atoms with E-state index in [0.717, 1.165) is 25.2 Å². The Balaban J connectivity index is 1.85. The van der Waals surface area contributed by atoms with Gasteiger partial charge in [-0.2, -0.15) is 0 Å². The third-order valence-electron chi connectivity index (χ3n) is 4.63. The number of hydrogen-bond acceptors (Lipinski definition) is 4. The highest BCUT2D eigenvalue weighted by molar-refractivity contribution is 7.80. The van der Waals surface area contributed by atoms with Crippen molar-refractivity contribution in [3.8, 4) is 0 Å². The standard InChI is InChI=1S/C22H28N4O2S/c1-4-26(5-2)15-14-23-20(27)17-10-12-18(13-11-17)24-22(29)25-21(28)19-9-7-6-8-16(19)3/h6-13H,4-5,14-15H2,1-3H3,(H,23,27)(H2,24,25,28,29). The molecule has 0 radical (unpaired) electrons. The Hall–Kier alpha value is -2.77. The molecular weight excluding hydrogens is 384 g/mol. The fourth-order valence-corrected chi connectivity index (χ4v) is 3.05. The number of benzene rings is 2. The number of nitrogens with zero attached hydrogens (tertiary/aromatic N) is 1. The van der Waals surface area contributed by atoms with Gasteiger partial charge in [-0.1, -0.05) is 32.0 Å². The molecule has 29 heavy (non-hydrogen) atoms. The molecule has 0 saturated heterocycles. The van der Waals surface area contributed by atoms with Crippen molar-refractivity contribution in [3.63, 3.8) is 0 Å². The lowest BCUT2D eigenvalue weighted by Gasteiger charge is -2.18. The van der Waals surface area contributed by atoms with Gasteiger partial charge in [-0.05, 0) is 68.1 Å². The molecule has 2 aromatic carbocycles. The van der Waals surface area contributed by atoms with E-state index in [2.05, 4.69) is 34.7 Å². The number of nitrogens with one attached hydrogen (secondary N) is 3. The first-order valence-electron chi connectivity index (χ1n) is 9.73. The van der Waals surface area contributed by atoms with Crippen molar-refractivity contribution in [2.24, 2.45) is 0 Å². The minimum absolute atomic E-state index is 0.112. The maximum absolute atomic E-state index is 12.3. The average molecular weight is 413 g/mol. The van der Waals surface area contributed by atoms with Gasteiger partial charge in [0.25, 0.3) is 11.8 Å². The molecule has 0 heterocycles. The number of anilines is 1. The van der Waals surface area contributed by atoms with Crippen molar-refractivity contribution in [2.45, 2.75) is 20.8 Å². The Labute approximate surface area is 177 Å². The van der Waals surface area contributed by atoms with Gasteiger partial charge in [0.1, 0.15) is 0 Å². The number of aryl methyl sites for hydroxylation is 1. The van der Waals surface area contributed by atoms with Crippen LogP contribution >= 0.6 is 12.2 Å². The van der Waals surface area contributed by atoms with Crippen LogP contribution in [0.4, 0.5) is 5.69 Å². The molecule has 3 N–H and O–H groups in total. The highest BCUT2D eigenvalue weighted by atomic mass is 32.1. The number of rotatable bonds is 8. The lowest BCUT2D eigenvalue weighted by molar-refractivity contribution is 0.0946. The molecule has 0 aliphatic carbocycles. The Morgan fingerprint density at radius 2 is 1.62 bits per heavy atom. The Morgan fingerprint density at radius 3 is 2.24 bits per heavy atom. The summed E-state index contributed by atoms with van der Waals surface area (Å²) in [6.07, 6.45) is 0. The molecule has 0 spiro atoms. The second-order valence-electron chi connectivity index (χ2n) is 6.58. The summed E-state index contributed by atoms with van der Waals surface area (Å²) in [5.41, 5.74) is 2.72. The van der Waals surface area contributed by atoms with Crippen molar-refractivity contribution in [2.75, 3.05) is 31.5 Å². The van der Waals surface area contributed by atoms with Crippen LogP contribution in [-0.2, 0) is 0 Å². The van der Waals surface area contributed by atoms with Gasteiger partial charge < -0.3 is 15.5 Å². The van der Waals surface area contributed by atoms with Gasteiger partial charge in [-0.25, -0.2) is 0 Å². The van der Waals surface area contributed by atoms with Gasteiger partial charge in [0.05, 0.1) is 0 Å². The van der Waals surface area contributed by atoms with Gasteiger partial charge in [0.15, 0.2) is 5.11 Å². The van der Waals surface area contributed by atoms with Crippen molar-refractivity contribution in [1.29, 1.82) is 0 Å². The van der Waals surface area contributed by atoms with E-state index < -0.39 is 0 Å². The number of amides is 2. The maximum Gasteiger partial charge on any atom is 0.257 e. The van der Waals surface area contributed by atoms with Crippen LogP contribution in [0.3, 0.4) is 0 Å².